The van der Waals surface area contributed by atoms with Gasteiger partial charge in [0.2, 0.25) is 5.95 Å². The van der Waals surface area contributed by atoms with Crippen LogP contribution in [0.1, 0.15) is 13.3 Å². The van der Waals surface area contributed by atoms with Crippen molar-refractivity contribution in [1.29, 1.82) is 0 Å². The van der Waals surface area contributed by atoms with Crippen molar-refractivity contribution >= 4 is 17.1 Å². The fourth-order valence-corrected chi connectivity index (χ4v) is 2.00. The van der Waals surface area contributed by atoms with Crippen LogP contribution in [0.25, 0.3) is 11.2 Å². The number of imidazole rings is 1. The zero-order valence-corrected chi connectivity index (χ0v) is 11.8. The molecule has 0 spiro atoms. The molecule has 110 valence electrons. The van der Waals surface area contributed by atoms with Gasteiger partial charge in [-0.15, -0.1) is 0 Å². The molecule has 20 heavy (non-hydrogen) atoms. The lowest BCUT2D eigenvalue weighted by atomic mass is 10.1. The molecule has 2 rings (SSSR count). The van der Waals surface area contributed by atoms with E-state index in [-0.39, 0.29) is 12.5 Å². The molecule has 0 radical (unpaired) electrons. The summed E-state index contributed by atoms with van der Waals surface area (Å²) in [6.07, 6.45) is 0.688. The fraction of sp³-hybridized carbons (Fsp3) is 0.583. The number of aliphatic hydroxyl groups excluding tert-OH is 1. The first kappa shape index (κ1) is 14.3. The van der Waals surface area contributed by atoms with E-state index in [1.807, 2.05) is 6.92 Å². The van der Waals surface area contributed by atoms with E-state index in [9.17, 15) is 9.59 Å². The van der Waals surface area contributed by atoms with Gasteiger partial charge in [-0.3, -0.25) is 13.9 Å². The molecule has 0 saturated heterocycles. The van der Waals surface area contributed by atoms with Gasteiger partial charge < -0.3 is 15.4 Å². The summed E-state index contributed by atoms with van der Waals surface area (Å²) in [6, 6.07) is 0. The largest absolute Gasteiger partial charge is 0.396 e. The van der Waals surface area contributed by atoms with Crippen molar-refractivity contribution in [3.8, 4) is 0 Å². The Hall–Kier alpha value is -2.09. The number of hydrogen-bond donors (Lipinski definition) is 3. The van der Waals surface area contributed by atoms with Crippen LogP contribution in [0.5, 0.6) is 0 Å². The monoisotopic (exact) mass is 281 g/mol. The summed E-state index contributed by atoms with van der Waals surface area (Å²) in [5.41, 5.74) is -0.177. The van der Waals surface area contributed by atoms with E-state index < -0.39 is 11.2 Å². The maximum Gasteiger partial charge on any atom is 0.332 e. The maximum absolute atomic E-state index is 12.0. The topological polar surface area (TPSA) is 105 Å². The third-order valence-corrected chi connectivity index (χ3v) is 3.33. The van der Waals surface area contributed by atoms with E-state index in [0.29, 0.717) is 30.1 Å². The molecule has 0 aliphatic rings. The number of nitrogens with zero attached hydrogens (tertiary/aromatic N) is 3. The first-order chi connectivity index (χ1) is 9.45. The van der Waals surface area contributed by atoms with E-state index in [0.717, 1.165) is 4.57 Å². The minimum absolute atomic E-state index is 0.137. The van der Waals surface area contributed by atoms with Crippen LogP contribution in [0, 0.1) is 5.92 Å². The number of aryl methyl sites for hydroxylation is 1. The molecule has 2 heterocycles. The standard InChI is InChI=1S/C12H19N5O3/c1-7(4-5-18)6-13-11-14-8-9(15-11)16(2)12(20)17(3)10(8)19/h7,18H,4-6H2,1-3H3,(H2,13,14,15). The smallest absolute Gasteiger partial charge is 0.332 e. The van der Waals surface area contributed by atoms with E-state index >= 15 is 0 Å². The number of aliphatic hydroxyl groups is 1. The van der Waals surface area contributed by atoms with Crippen LogP contribution >= 0.6 is 0 Å². The summed E-state index contributed by atoms with van der Waals surface area (Å²) in [4.78, 5) is 30.9. The van der Waals surface area contributed by atoms with Gasteiger partial charge in [0.15, 0.2) is 11.2 Å². The average Bonchev–Trinajstić information content (AvgIpc) is 2.85. The SMILES string of the molecule is CC(CCO)CNc1nc2c([nH]1)c(=O)n(C)c(=O)n2C. The van der Waals surface area contributed by atoms with E-state index in [2.05, 4.69) is 15.3 Å². The second kappa shape index (κ2) is 5.49. The second-order valence-electron chi connectivity index (χ2n) is 4.99. The number of rotatable bonds is 5. The van der Waals surface area contributed by atoms with Crippen molar-refractivity contribution < 1.29 is 5.11 Å². The Morgan fingerprint density at radius 3 is 2.70 bits per heavy atom. The van der Waals surface area contributed by atoms with Crippen molar-refractivity contribution in [3.05, 3.63) is 20.8 Å². The molecule has 0 aliphatic heterocycles. The number of anilines is 1. The van der Waals surface area contributed by atoms with Gasteiger partial charge in [-0.25, -0.2) is 4.79 Å². The van der Waals surface area contributed by atoms with Gasteiger partial charge in [-0.2, -0.15) is 4.98 Å². The second-order valence-corrected chi connectivity index (χ2v) is 4.99. The van der Waals surface area contributed by atoms with Gasteiger partial charge in [0.25, 0.3) is 5.56 Å². The Bertz CT molecular complexity index is 727. The van der Waals surface area contributed by atoms with E-state index in [1.165, 1.54) is 11.6 Å². The molecule has 0 aromatic carbocycles. The summed E-state index contributed by atoms with van der Waals surface area (Å²) in [7, 11) is 3.00. The minimum atomic E-state index is -0.408. The van der Waals surface area contributed by atoms with E-state index in [1.54, 1.807) is 7.05 Å². The van der Waals surface area contributed by atoms with Crippen molar-refractivity contribution in [2.45, 2.75) is 13.3 Å². The molecular formula is C12H19N5O3. The highest BCUT2D eigenvalue weighted by molar-refractivity contribution is 5.72. The molecular weight excluding hydrogens is 262 g/mol. The lowest BCUT2D eigenvalue weighted by Gasteiger charge is -2.09. The van der Waals surface area contributed by atoms with Crippen LogP contribution in [-0.4, -0.2) is 37.4 Å². The van der Waals surface area contributed by atoms with Gasteiger partial charge in [0.1, 0.15) is 0 Å². The molecule has 1 unspecified atom stereocenters. The van der Waals surface area contributed by atoms with Crippen molar-refractivity contribution in [2.75, 3.05) is 18.5 Å². The van der Waals surface area contributed by atoms with Crippen LogP contribution in [-0.2, 0) is 14.1 Å². The third kappa shape index (κ3) is 2.46. The van der Waals surface area contributed by atoms with Gasteiger partial charge in [-0.1, -0.05) is 6.92 Å². The number of nitrogens with one attached hydrogen (secondary N) is 2. The fourth-order valence-electron chi connectivity index (χ4n) is 2.00. The molecule has 8 nitrogen and oxygen atoms in total. The Balaban J connectivity index is 2.35. The van der Waals surface area contributed by atoms with Crippen LogP contribution in [0.15, 0.2) is 9.59 Å². The van der Waals surface area contributed by atoms with Crippen molar-refractivity contribution in [1.82, 2.24) is 19.1 Å². The lowest BCUT2D eigenvalue weighted by molar-refractivity contribution is 0.265. The van der Waals surface area contributed by atoms with E-state index in [4.69, 9.17) is 5.11 Å². The zero-order chi connectivity index (χ0) is 14.9. The number of hydrogen-bond acceptors (Lipinski definition) is 5. The first-order valence-corrected chi connectivity index (χ1v) is 6.46. The third-order valence-electron chi connectivity index (χ3n) is 3.33. The van der Waals surface area contributed by atoms with Crippen molar-refractivity contribution in [3.63, 3.8) is 0 Å². The Kier molecular flexibility index (Phi) is 3.93. The maximum atomic E-state index is 12.0. The molecule has 0 amide bonds. The highest BCUT2D eigenvalue weighted by atomic mass is 16.3. The van der Waals surface area contributed by atoms with Gasteiger partial charge in [0.05, 0.1) is 0 Å². The lowest BCUT2D eigenvalue weighted by Crippen LogP contribution is -2.36. The van der Waals surface area contributed by atoms with Crippen LogP contribution < -0.4 is 16.6 Å². The molecule has 8 heteroatoms. The molecule has 2 aromatic heterocycles. The van der Waals surface area contributed by atoms with Crippen LogP contribution in [0.3, 0.4) is 0 Å². The summed E-state index contributed by atoms with van der Waals surface area (Å²) in [5, 5.41) is 11.9. The molecule has 0 bridgehead atoms. The summed E-state index contributed by atoms with van der Waals surface area (Å²) in [5.74, 6) is 0.725. The average molecular weight is 281 g/mol. The normalized spacial score (nSPS) is 12.8. The molecule has 1 atom stereocenters. The first-order valence-electron chi connectivity index (χ1n) is 6.46. The predicted molar refractivity (Wildman–Crippen MR) is 75.9 cm³/mol. The molecule has 3 N–H and O–H groups in total. The predicted octanol–water partition coefficient (Wildman–Crippen LogP) is -0.609. The summed E-state index contributed by atoms with van der Waals surface area (Å²) < 4.78 is 2.37. The van der Waals surface area contributed by atoms with Gasteiger partial charge in [0, 0.05) is 27.2 Å². The van der Waals surface area contributed by atoms with Crippen molar-refractivity contribution in [2.24, 2.45) is 20.0 Å². The van der Waals surface area contributed by atoms with Crippen LogP contribution in [0.4, 0.5) is 5.95 Å². The highest BCUT2D eigenvalue weighted by Gasteiger charge is 2.13. The van der Waals surface area contributed by atoms with Gasteiger partial charge in [-0.05, 0) is 12.3 Å². The minimum Gasteiger partial charge on any atom is -0.396 e. The Morgan fingerprint density at radius 2 is 2.05 bits per heavy atom. The van der Waals surface area contributed by atoms with Gasteiger partial charge >= 0.3 is 5.69 Å². The molecule has 0 aliphatic carbocycles. The Morgan fingerprint density at radius 1 is 1.35 bits per heavy atom. The summed E-state index contributed by atoms with van der Waals surface area (Å²) >= 11 is 0. The number of H-pyrrole nitrogens is 1. The molecule has 0 saturated carbocycles. The molecule has 0 fully saturated rings. The number of fused-ring (bicyclic) bond motifs is 1. The zero-order valence-electron chi connectivity index (χ0n) is 11.8. The Labute approximate surface area is 115 Å². The molecule has 2 aromatic rings. The van der Waals surface area contributed by atoms with Crippen LogP contribution in [0.2, 0.25) is 0 Å². The number of aromatic amines is 1. The quantitative estimate of drug-likeness (QED) is 0.678. The number of aromatic nitrogens is 4. The summed E-state index contributed by atoms with van der Waals surface area (Å²) in [6.45, 7) is 2.76. The highest BCUT2D eigenvalue weighted by Crippen LogP contribution is 2.09.